The molecular weight excluding hydrogens is 720 g/mol. The quantitative estimate of drug-likeness (QED) is 0.152. The van der Waals surface area contributed by atoms with Crippen LogP contribution in [0.5, 0.6) is 0 Å². The van der Waals surface area contributed by atoms with Crippen LogP contribution in [0.1, 0.15) is 180 Å². The maximum absolute atomic E-state index is 2.69. The molecule has 266 valence electrons. The van der Waals surface area contributed by atoms with Crippen molar-refractivity contribution in [1.82, 2.24) is 0 Å². The molecule has 0 aromatic rings. The third-order valence-electron chi connectivity index (χ3n) is 12.0. The van der Waals surface area contributed by atoms with Crippen molar-refractivity contribution in [1.29, 1.82) is 0 Å². The van der Waals surface area contributed by atoms with Crippen molar-refractivity contribution in [2.24, 2.45) is 0 Å². The molecule has 5 rings (SSSR count). The van der Waals surface area contributed by atoms with Crippen molar-refractivity contribution in [2.45, 2.75) is 243 Å². The summed E-state index contributed by atoms with van der Waals surface area (Å²) in [6.07, 6.45) is 43.3. The van der Waals surface area contributed by atoms with Gasteiger partial charge in [0.15, 0.2) is 0 Å². The summed E-state index contributed by atoms with van der Waals surface area (Å²) in [5.74, 6) is 0. The molecule has 0 aliphatic heterocycles. The predicted molar refractivity (Wildman–Crippen MR) is 223 cm³/mol. The Kier molecular flexibility index (Phi) is 21.3. The average molecular weight is 804 g/mol. The van der Waals surface area contributed by atoms with Crippen LogP contribution in [0.2, 0.25) is 34.5 Å². The molecule has 0 spiro atoms. The van der Waals surface area contributed by atoms with Gasteiger partial charge in [-0.2, -0.15) is 0 Å². The molecule has 0 aromatic heterocycles. The third kappa shape index (κ3) is 16.5. The van der Waals surface area contributed by atoms with Crippen molar-refractivity contribution < 1.29 is 0 Å². The van der Waals surface area contributed by atoms with Gasteiger partial charge >= 0.3 is 102 Å². The van der Waals surface area contributed by atoms with Crippen LogP contribution >= 0.6 is 21.6 Å². The predicted octanol–water partition coefficient (Wildman–Crippen LogP) is 15.7. The number of hydrogen-bond donors (Lipinski definition) is 0. The maximum Gasteiger partial charge on any atom is 0.0726 e. The van der Waals surface area contributed by atoms with Crippen molar-refractivity contribution in [3.63, 3.8) is 0 Å². The normalized spacial score (nSPS) is 24.8. The molecule has 5 fully saturated rings. The smallest absolute Gasteiger partial charge is 0.0726 e. The molecule has 0 bridgehead atoms. The summed E-state index contributed by atoms with van der Waals surface area (Å²) >= 11 is -1.58. The van der Waals surface area contributed by atoms with Crippen LogP contribution in [0.25, 0.3) is 0 Å². The first-order valence-corrected chi connectivity index (χ1v) is 41.9. The summed E-state index contributed by atoms with van der Waals surface area (Å²) in [5, 5.41) is 0. The fourth-order valence-electron chi connectivity index (χ4n) is 9.77. The molecule has 0 aromatic carbocycles. The van der Waals surface area contributed by atoms with Gasteiger partial charge in [-0.1, -0.05) is 96.7 Å². The Labute approximate surface area is 294 Å². The largest absolute Gasteiger partial charge is 0.112 e. The van der Waals surface area contributed by atoms with E-state index in [1.165, 1.54) is 109 Å². The zero-order valence-corrected chi connectivity index (χ0v) is 38.7. The summed E-state index contributed by atoms with van der Waals surface area (Å²) in [7, 11) is 0.835. The van der Waals surface area contributed by atoms with E-state index >= 15 is 0 Å². The second-order valence-corrected chi connectivity index (χ2v) is 60.6. The molecule has 0 N–H and O–H groups in total. The number of hydrogen-bond acceptors (Lipinski definition) is 0. The molecule has 0 heterocycles. The molecule has 5 aliphatic rings. The summed E-state index contributed by atoms with van der Waals surface area (Å²) in [5.41, 5.74) is 6.32. The minimum absolute atomic E-state index is 0.401. The van der Waals surface area contributed by atoms with Crippen molar-refractivity contribution >= 4 is 47.2 Å². The van der Waals surface area contributed by atoms with E-state index in [2.05, 4.69) is 41.4 Å². The summed E-state index contributed by atoms with van der Waals surface area (Å²) in [6.45, 7) is 10.4. The molecule has 1 atom stereocenters. The Balaban J connectivity index is 0.000000186. The fraction of sp³-hybridized carbons (Fsp3) is 1.00. The van der Waals surface area contributed by atoms with Gasteiger partial charge in [0.2, 0.25) is 0 Å². The van der Waals surface area contributed by atoms with E-state index in [1.54, 1.807) is 96.1 Å². The zero-order valence-electron chi connectivity index (χ0n) is 32.1. The Bertz CT molecular complexity index is 685. The van der Waals surface area contributed by atoms with Gasteiger partial charge in [0.1, 0.15) is 0 Å². The third-order valence-corrected chi connectivity index (χ3v) is 48.8. The molecule has 45 heavy (non-hydrogen) atoms. The Morgan fingerprint density at radius 2 is 0.844 bits per heavy atom. The minimum atomic E-state index is -1.58. The molecule has 0 radical (unpaired) electrons. The van der Waals surface area contributed by atoms with E-state index in [4.69, 9.17) is 0 Å². The first-order chi connectivity index (χ1) is 21.6. The molecule has 0 amide bonds. The molecule has 0 nitrogen and oxygen atoms in total. The second-order valence-electron chi connectivity index (χ2n) is 18.0. The van der Waals surface area contributed by atoms with Gasteiger partial charge in [0.25, 0.3) is 0 Å². The van der Waals surface area contributed by atoms with Crippen LogP contribution in [-0.4, -0.2) is 60.0 Å². The van der Waals surface area contributed by atoms with Gasteiger partial charge in [-0.05, 0) is 74.0 Å². The maximum atomic E-state index is 2.69. The van der Waals surface area contributed by atoms with E-state index in [0.717, 1.165) is 11.3 Å². The number of unbranched alkanes of at least 4 members (excludes halogenated alkanes) is 1. The topological polar surface area (TPSA) is 0 Å². The van der Waals surface area contributed by atoms with Gasteiger partial charge in [-0.3, -0.25) is 0 Å². The van der Waals surface area contributed by atoms with Crippen LogP contribution in [0, 0.1) is 0 Å². The van der Waals surface area contributed by atoms with E-state index in [-0.39, 0.29) is 0 Å². The van der Waals surface area contributed by atoms with Crippen LogP contribution in [-0.2, 0) is 0 Å². The summed E-state index contributed by atoms with van der Waals surface area (Å²) < 4.78 is 0. The van der Waals surface area contributed by atoms with Gasteiger partial charge < -0.3 is 0 Å². The van der Waals surface area contributed by atoms with Crippen molar-refractivity contribution in [2.75, 3.05) is 6.16 Å². The van der Waals surface area contributed by atoms with E-state index < -0.39 is 25.6 Å². The number of rotatable bonds is 10. The standard InChI is InChI=1S/C15H31PSi.C12H23P.C10H20P.3CH3.Sn/c1-17(2,3)16(14-10-6-4-7-11-14)15-12-8-5-9-13-15;1-3-7-11(8-4-1)13-12-9-5-2-6-10-12;1-2-3-9-11-10-7-5-4-6-8-10;;;;/h14-15H,4-13H2,1-3H3;11-13H,1-10H2;10H,2-9H2,1H3;3*1H3;/q;;-1;;;;+1. The molecule has 5 heteroatoms. The van der Waals surface area contributed by atoms with E-state index in [1.807, 2.05) is 0 Å². The monoisotopic (exact) mass is 804 g/mol. The molecule has 1 unspecified atom stereocenters. The average Bonchev–Trinajstić information content (AvgIpc) is 3.03. The first kappa shape index (κ1) is 41.7. The molecular formula is C40H83P3SiSn. The Morgan fingerprint density at radius 3 is 1.16 bits per heavy atom. The second kappa shape index (κ2) is 23.0. The minimum Gasteiger partial charge on any atom is -0.112 e. The van der Waals surface area contributed by atoms with Crippen molar-refractivity contribution in [3.05, 3.63) is 0 Å². The Hall–Kier alpha value is 2.31. The van der Waals surface area contributed by atoms with E-state index in [0.29, 0.717) is 13.0 Å². The Morgan fingerprint density at radius 1 is 0.511 bits per heavy atom. The van der Waals surface area contributed by atoms with Crippen LogP contribution in [0.3, 0.4) is 0 Å². The van der Waals surface area contributed by atoms with Gasteiger partial charge in [-0.15, -0.1) is 16.1 Å². The van der Waals surface area contributed by atoms with Crippen molar-refractivity contribution in [3.8, 4) is 0 Å². The van der Waals surface area contributed by atoms with Crippen LogP contribution in [0.15, 0.2) is 0 Å². The van der Waals surface area contributed by atoms with Crippen LogP contribution < -0.4 is 0 Å². The molecule has 5 saturated carbocycles. The fourth-order valence-corrected chi connectivity index (χ4v) is 47.1. The van der Waals surface area contributed by atoms with E-state index in [9.17, 15) is 0 Å². The summed E-state index contributed by atoms with van der Waals surface area (Å²) in [6, 6.07) is 0. The van der Waals surface area contributed by atoms with Gasteiger partial charge in [0, 0.05) is 0 Å². The molecule has 0 saturated heterocycles. The zero-order chi connectivity index (χ0) is 32.5. The first-order valence-electron chi connectivity index (χ1n) is 20.9. The van der Waals surface area contributed by atoms with Gasteiger partial charge in [0.05, 0.1) is 7.74 Å². The van der Waals surface area contributed by atoms with Crippen LogP contribution in [0.4, 0.5) is 0 Å². The summed E-state index contributed by atoms with van der Waals surface area (Å²) in [4.78, 5) is 8.06. The molecule has 5 aliphatic carbocycles. The van der Waals surface area contributed by atoms with Gasteiger partial charge in [-0.25, -0.2) is 0 Å². The SMILES string of the molecule is C1CCC(PC2CCCCC2)CC1.CCCC[P](C1CCCCC1)[Sn]([CH3])([CH3])[CH3].C[Si](C)(C)P(C1CCCCC1)C1CCCCC1.